The van der Waals surface area contributed by atoms with Gasteiger partial charge in [0, 0.05) is 5.56 Å². The Morgan fingerprint density at radius 1 is 1.47 bits per heavy atom. The number of hydrogen-bond donors (Lipinski definition) is 0. The van der Waals surface area contributed by atoms with Crippen LogP contribution in [0.1, 0.15) is 15.9 Å². The van der Waals surface area contributed by atoms with Crippen LogP contribution in [0.25, 0.3) is 11.3 Å². The number of aromatic nitrogens is 1. The highest BCUT2D eigenvalue weighted by atomic mass is 35.5. The third-order valence-electron chi connectivity index (χ3n) is 2.07. The maximum atomic E-state index is 11.1. The van der Waals surface area contributed by atoms with Crippen LogP contribution in [0.3, 0.4) is 0 Å². The first-order chi connectivity index (χ1) is 7.18. The zero-order chi connectivity index (χ0) is 10.8. The molecule has 0 saturated carbocycles. The fourth-order valence-electron chi connectivity index (χ4n) is 1.38. The van der Waals surface area contributed by atoms with Crippen LogP contribution in [-0.4, -0.2) is 10.4 Å². The van der Waals surface area contributed by atoms with E-state index >= 15 is 0 Å². The molecule has 0 amide bonds. The summed E-state index contributed by atoms with van der Waals surface area (Å²) in [6.45, 7) is 1.96. The normalized spacial score (nSPS) is 10.3. The van der Waals surface area contributed by atoms with Crippen molar-refractivity contribution < 1.29 is 9.32 Å². The largest absolute Gasteiger partial charge is 0.363 e. The number of hydrogen-bond acceptors (Lipinski definition) is 3. The second-order valence-electron chi connectivity index (χ2n) is 3.22. The lowest BCUT2D eigenvalue weighted by Crippen LogP contribution is -1.90. The molecule has 76 valence electrons. The summed E-state index contributed by atoms with van der Waals surface area (Å²) in [5, 5.41) is 3.21. The monoisotopic (exact) mass is 221 g/mol. The predicted octanol–water partition coefficient (Wildman–Crippen LogP) is 3.03. The van der Waals surface area contributed by atoms with Gasteiger partial charge < -0.3 is 4.52 Å². The molecule has 3 nitrogen and oxygen atoms in total. The van der Waals surface area contributed by atoms with Gasteiger partial charge in [-0.1, -0.05) is 28.9 Å². The molecule has 2 aromatic rings. The van der Waals surface area contributed by atoms with Gasteiger partial charge in [0.25, 0.3) is 5.24 Å². The number of carbonyl (C=O) groups excluding carboxylic acids is 1. The predicted molar refractivity (Wildman–Crippen MR) is 56.9 cm³/mol. The molecule has 1 aromatic carbocycles. The quantitative estimate of drug-likeness (QED) is 0.732. The van der Waals surface area contributed by atoms with Crippen LogP contribution in [0.5, 0.6) is 0 Å². The number of rotatable bonds is 2. The van der Waals surface area contributed by atoms with Crippen LogP contribution >= 0.6 is 11.6 Å². The van der Waals surface area contributed by atoms with E-state index in [9.17, 15) is 4.79 Å². The molecule has 0 unspecified atom stereocenters. The number of benzene rings is 1. The Kier molecular flexibility index (Phi) is 2.56. The number of halogens is 1. The van der Waals surface area contributed by atoms with Crippen molar-refractivity contribution in [1.82, 2.24) is 5.16 Å². The number of carbonyl (C=O) groups is 1. The van der Waals surface area contributed by atoms with E-state index in [-0.39, 0.29) is 0 Å². The molecule has 1 aromatic heterocycles. The van der Waals surface area contributed by atoms with Crippen LogP contribution < -0.4 is 0 Å². The lowest BCUT2D eigenvalue weighted by Gasteiger charge is -1.98. The Balaban J connectivity index is 2.54. The molecule has 0 spiro atoms. The average molecular weight is 222 g/mol. The van der Waals surface area contributed by atoms with E-state index in [1.807, 2.05) is 31.2 Å². The van der Waals surface area contributed by atoms with Crippen molar-refractivity contribution in [3.63, 3.8) is 0 Å². The molecule has 0 aliphatic heterocycles. The van der Waals surface area contributed by atoms with E-state index in [4.69, 9.17) is 16.1 Å². The molecule has 0 atom stereocenters. The SMILES string of the molecule is Cc1cccc(-c2nocc2C(=O)Cl)c1. The standard InChI is InChI=1S/C11H8ClNO2/c1-7-3-2-4-8(5-7)10-9(11(12)14)6-15-13-10/h2-6H,1H3. The van der Waals surface area contributed by atoms with Gasteiger partial charge in [-0.15, -0.1) is 0 Å². The van der Waals surface area contributed by atoms with Gasteiger partial charge in [-0.3, -0.25) is 4.79 Å². The molecule has 0 aliphatic rings. The fourth-order valence-corrected chi connectivity index (χ4v) is 1.51. The summed E-state index contributed by atoms with van der Waals surface area (Å²) in [5.41, 5.74) is 2.69. The summed E-state index contributed by atoms with van der Waals surface area (Å²) in [7, 11) is 0. The molecule has 2 rings (SSSR count). The van der Waals surface area contributed by atoms with E-state index < -0.39 is 5.24 Å². The Morgan fingerprint density at radius 2 is 2.27 bits per heavy atom. The Bertz CT molecular complexity index is 505. The lowest BCUT2D eigenvalue weighted by molar-refractivity contribution is 0.108. The van der Waals surface area contributed by atoms with E-state index in [1.165, 1.54) is 6.26 Å². The highest BCUT2D eigenvalue weighted by Crippen LogP contribution is 2.23. The minimum absolute atomic E-state index is 0.294. The molecule has 0 radical (unpaired) electrons. The van der Waals surface area contributed by atoms with Crippen LogP contribution in [0.4, 0.5) is 0 Å². The van der Waals surface area contributed by atoms with Crippen molar-refractivity contribution >= 4 is 16.8 Å². The summed E-state index contributed by atoms with van der Waals surface area (Å²) in [6.07, 6.45) is 1.26. The Labute approximate surface area is 91.6 Å². The zero-order valence-electron chi connectivity index (χ0n) is 8.03. The molecule has 0 fully saturated rings. The molecule has 15 heavy (non-hydrogen) atoms. The highest BCUT2D eigenvalue weighted by Gasteiger charge is 2.15. The van der Waals surface area contributed by atoms with Gasteiger partial charge in [-0.25, -0.2) is 0 Å². The summed E-state index contributed by atoms with van der Waals surface area (Å²) >= 11 is 5.40. The van der Waals surface area contributed by atoms with Crippen LogP contribution in [0, 0.1) is 6.92 Å². The molecule has 0 aliphatic carbocycles. The van der Waals surface area contributed by atoms with E-state index in [0.29, 0.717) is 11.3 Å². The summed E-state index contributed by atoms with van der Waals surface area (Å²) < 4.78 is 4.75. The third-order valence-corrected chi connectivity index (χ3v) is 2.28. The zero-order valence-corrected chi connectivity index (χ0v) is 8.78. The number of aryl methyl sites for hydroxylation is 1. The van der Waals surface area contributed by atoms with E-state index in [0.717, 1.165) is 11.1 Å². The maximum Gasteiger partial charge on any atom is 0.257 e. The van der Waals surface area contributed by atoms with Crippen LogP contribution in [-0.2, 0) is 0 Å². The first-order valence-corrected chi connectivity index (χ1v) is 4.77. The third kappa shape index (κ3) is 1.92. The van der Waals surface area contributed by atoms with Gasteiger partial charge >= 0.3 is 0 Å². The van der Waals surface area contributed by atoms with E-state index in [2.05, 4.69) is 5.16 Å². The first-order valence-electron chi connectivity index (χ1n) is 4.40. The van der Waals surface area contributed by atoms with E-state index in [1.54, 1.807) is 0 Å². The van der Waals surface area contributed by atoms with Crippen LogP contribution in [0.2, 0.25) is 0 Å². The van der Waals surface area contributed by atoms with Crippen molar-refractivity contribution in [1.29, 1.82) is 0 Å². The van der Waals surface area contributed by atoms with Crippen molar-refractivity contribution in [2.24, 2.45) is 0 Å². The average Bonchev–Trinajstić information content (AvgIpc) is 2.65. The van der Waals surface area contributed by atoms with Crippen molar-refractivity contribution in [2.75, 3.05) is 0 Å². The second kappa shape index (κ2) is 3.87. The van der Waals surface area contributed by atoms with Crippen LogP contribution in [0.15, 0.2) is 35.1 Å². The summed E-state index contributed by atoms with van der Waals surface area (Å²) in [4.78, 5) is 11.1. The maximum absolute atomic E-state index is 11.1. The highest BCUT2D eigenvalue weighted by molar-refractivity contribution is 6.68. The molecular weight excluding hydrogens is 214 g/mol. The lowest BCUT2D eigenvalue weighted by atomic mass is 10.1. The molecule has 0 N–H and O–H groups in total. The minimum atomic E-state index is -0.562. The van der Waals surface area contributed by atoms with Gasteiger partial charge in [0.2, 0.25) is 0 Å². The molecular formula is C11H8ClNO2. The fraction of sp³-hybridized carbons (Fsp3) is 0.0909. The second-order valence-corrected chi connectivity index (χ2v) is 3.56. The van der Waals surface area contributed by atoms with Gasteiger partial charge in [0.05, 0.1) is 0 Å². The molecule has 1 heterocycles. The molecule has 0 saturated heterocycles. The summed E-state index contributed by atoms with van der Waals surface area (Å²) in [6, 6.07) is 7.63. The van der Waals surface area contributed by atoms with Crippen molar-refractivity contribution in [3.05, 3.63) is 41.7 Å². The minimum Gasteiger partial charge on any atom is -0.363 e. The first kappa shape index (κ1) is 9.93. The van der Waals surface area contributed by atoms with Gasteiger partial charge in [-0.05, 0) is 24.6 Å². The Morgan fingerprint density at radius 3 is 2.93 bits per heavy atom. The molecule has 0 bridgehead atoms. The smallest absolute Gasteiger partial charge is 0.257 e. The Hall–Kier alpha value is -1.61. The van der Waals surface area contributed by atoms with Gasteiger partial charge in [0.1, 0.15) is 17.5 Å². The van der Waals surface area contributed by atoms with Gasteiger partial charge in [0.15, 0.2) is 0 Å². The number of nitrogens with zero attached hydrogens (tertiary/aromatic N) is 1. The van der Waals surface area contributed by atoms with Crippen molar-refractivity contribution in [2.45, 2.75) is 6.92 Å². The van der Waals surface area contributed by atoms with Crippen molar-refractivity contribution in [3.8, 4) is 11.3 Å². The topological polar surface area (TPSA) is 43.1 Å². The van der Waals surface area contributed by atoms with Gasteiger partial charge in [-0.2, -0.15) is 0 Å². The molecule has 4 heteroatoms. The summed E-state index contributed by atoms with van der Waals surface area (Å²) in [5.74, 6) is 0.